The van der Waals surface area contributed by atoms with Crippen molar-refractivity contribution in [2.45, 2.75) is 19.3 Å². The first kappa shape index (κ1) is 12.9. The van der Waals surface area contributed by atoms with Crippen LogP contribution < -0.4 is 11.3 Å². The zero-order valence-electron chi connectivity index (χ0n) is 11.3. The SMILES string of the molecule is NNC(=O)[C@H]1CC=C(c2cccc3ccccc23)CC1. The summed E-state index contributed by atoms with van der Waals surface area (Å²) in [7, 11) is 0. The molecule has 1 amide bonds. The van der Waals surface area contributed by atoms with Gasteiger partial charge in [-0.1, -0.05) is 48.5 Å². The van der Waals surface area contributed by atoms with Crippen molar-refractivity contribution in [3.63, 3.8) is 0 Å². The molecule has 1 aliphatic carbocycles. The summed E-state index contributed by atoms with van der Waals surface area (Å²) in [5.74, 6) is 5.16. The standard InChI is InChI=1S/C17H18N2O/c18-19-17(20)14-10-8-13(9-11-14)16-7-3-5-12-4-1-2-6-15(12)16/h1-8,14H,9-11,18H2,(H,19,20)/t14-/m0/s1. The second-order valence-electron chi connectivity index (χ2n) is 5.24. The van der Waals surface area contributed by atoms with Crippen LogP contribution in [0, 0.1) is 5.92 Å². The first-order valence-corrected chi connectivity index (χ1v) is 6.97. The fraction of sp³-hybridized carbons (Fsp3) is 0.235. The van der Waals surface area contributed by atoms with E-state index in [4.69, 9.17) is 5.84 Å². The maximum Gasteiger partial charge on any atom is 0.237 e. The number of hydrogen-bond donors (Lipinski definition) is 2. The number of hydrogen-bond acceptors (Lipinski definition) is 2. The number of hydrazine groups is 1. The molecule has 0 heterocycles. The summed E-state index contributed by atoms with van der Waals surface area (Å²) in [5.41, 5.74) is 4.87. The molecule has 0 radical (unpaired) electrons. The highest BCUT2D eigenvalue weighted by Crippen LogP contribution is 2.33. The van der Waals surface area contributed by atoms with Crippen molar-refractivity contribution in [3.8, 4) is 0 Å². The fourth-order valence-corrected chi connectivity index (χ4v) is 2.94. The van der Waals surface area contributed by atoms with E-state index in [1.807, 2.05) is 0 Å². The van der Waals surface area contributed by atoms with E-state index < -0.39 is 0 Å². The van der Waals surface area contributed by atoms with Gasteiger partial charge in [-0.3, -0.25) is 10.2 Å². The van der Waals surface area contributed by atoms with Gasteiger partial charge in [0.05, 0.1) is 0 Å². The lowest BCUT2D eigenvalue weighted by Gasteiger charge is -2.21. The van der Waals surface area contributed by atoms with Gasteiger partial charge in [-0.25, -0.2) is 5.84 Å². The van der Waals surface area contributed by atoms with Crippen molar-refractivity contribution in [1.29, 1.82) is 0 Å². The van der Waals surface area contributed by atoms with Crippen LogP contribution in [0.25, 0.3) is 16.3 Å². The van der Waals surface area contributed by atoms with E-state index in [1.54, 1.807) is 0 Å². The van der Waals surface area contributed by atoms with E-state index in [2.05, 4.69) is 54.0 Å². The summed E-state index contributed by atoms with van der Waals surface area (Å²) in [6, 6.07) is 14.8. The molecule has 3 rings (SSSR count). The maximum atomic E-state index is 11.6. The average Bonchev–Trinajstić information content (AvgIpc) is 2.54. The Bertz CT molecular complexity index is 670. The van der Waals surface area contributed by atoms with E-state index in [1.165, 1.54) is 21.9 Å². The van der Waals surface area contributed by atoms with Crippen LogP contribution in [0.15, 0.2) is 48.5 Å². The molecule has 0 spiro atoms. The fourth-order valence-electron chi connectivity index (χ4n) is 2.94. The number of rotatable bonds is 2. The van der Waals surface area contributed by atoms with Gasteiger partial charge in [0.1, 0.15) is 0 Å². The minimum absolute atomic E-state index is 0.0127. The van der Waals surface area contributed by atoms with Crippen LogP contribution in [0.1, 0.15) is 24.8 Å². The van der Waals surface area contributed by atoms with Gasteiger partial charge in [0.15, 0.2) is 0 Å². The number of benzene rings is 2. The Kier molecular flexibility index (Phi) is 3.52. The zero-order chi connectivity index (χ0) is 13.9. The van der Waals surface area contributed by atoms with E-state index in [9.17, 15) is 4.79 Å². The molecule has 3 nitrogen and oxygen atoms in total. The highest BCUT2D eigenvalue weighted by atomic mass is 16.2. The molecule has 0 aliphatic heterocycles. The molecule has 0 bridgehead atoms. The first-order valence-electron chi connectivity index (χ1n) is 6.97. The molecule has 0 fully saturated rings. The minimum Gasteiger partial charge on any atom is -0.294 e. The van der Waals surface area contributed by atoms with Gasteiger partial charge in [0, 0.05) is 5.92 Å². The lowest BCUT2D eigenvalue weighted by Crippen LogP contribution is -2.36. The minimum atomic E-state index is -0.0572. The third-order valence-electron chi connectivity index (χ3n) is 4.06. The Hall–Kier alpha value is -2.13. The van der Waals surface area contributed by atoms with Crippen LogP contribution in [0.5, 0.6) is 0 Å². The number of amides is 1. The molecule has 0 aromatic heterocycles. The Labute approximate surface area is 118 Å². The summed E-state index contributed by atoms with van der Waals surface area (Å²) < 4.78 is 0. The monoisotopic (exact) mass is 266 g/mol. The van der Waals surface area contributed by atoms with Crippen LogP contribution >= 0.6 is 0 Å². The third kappa shape index (κ3) is 2.32. The normalized spacial score (nSPS) is 18.6. The number of carbonyl (C=O) groups is 1. The summed E-state index contributed by atoms with van der Waals surface area (Å²) in [6.45, 7) is 0. The van der Waals surface area contributed by atoms with Crippen LogP contribution in [-0.4, -0.2) is 5.91 Å². The van der Waals surface area contributed by atoms with Crippen LogP contribution in [0.3, 0.4) is 0 Å². The van der Waals surface area contributed by atoms with Gasteiger partial charge in [0.2, 0.25) is 5.91 Å². The maximum absolute atomic E-state index is 11.6. The number of carbonyl (C=O) groups excluding carboxylic acids is 1. The smallest absolute Gasteiger partial charge is 0.237 e. The zero-order valence-corrected chi connectivity index (χ0v) is 11.3. The Balaban J connectivity index is 1.93. The summed E-state index contributed by atoms with van der Waals surface area (Å²) in [6.07, 6.45) is 4.73. The molecular formula is C17H18N2O. The van der Waals surface area contributed by atoms with E-state index in [-0.39, 0.29) is 11.8 Å². The molecule has 20 heavy (non-hydrogen) atoms. The van der Waals surface area contributed by atoms with Gasteiger partial charge in [-0.05, 0) is 41.2 Å². The van der Waals surface area contributed by atoms with Crippen molar-refractivity contribution < 1.29 is 4.79 Å². The van der Waals surface area contributed by atoms with Crippen LogP contribution in [-0.2, 0) is 4.79 Å². The molecule has 1 aliphatic rings. The molecule has 2 aromatic carbocycles. The molecular weight excluding hydrogens is 248 g/mol. The number of allylic oxidation sites excluding steroid dienone is 2. The van der Waals surface area contributed by atoms with Gasteiger partial charge < -0.3 is 0 Å². The average molecular weight is 266 g/mol. The molecule has 0 saturated carbocycles. The molecule has 0 unspecified atom stereocenters. The first-order chi connectivity index (χ1) is 9.79. The van der Waals surface area contributed by atoms with E-state index in [0.717, 1.165) is 19.3 Å². The molecule has 2 aromatic rings. The summed E-state index contributed by atoms with van der Waals surface area (Å²) >= 11 is 0. The summed E-state index contributed by atoms with van der Waals surface area (Å²) in [5, 5.41) is 2.54. The molecule has 0 saturated heterocycles. The Morgan fingerprint density at radius 3 is 2.70 bits per heavy atom. The lowest BCUT2D eigenvalue weighted by molar-refractivity contribution is -0.125. The third-order valence-corrected chi connectivity index (χ3v) is 4.06. The van der Waals surface area contributed by atoms with Crippen LogP contribution in [0.4, 0.5) is 0 Å². The van der Waals surface area contributed by atoms with Crippen molar-refractivity contribution in [1.82, 2.24) is 5.43 Å². The largest absolute Gasteiger partial charge is 0.294 e. The second-order valence-corrected chi connectivity index (χ2v) is 5.24. The van der Waals surface area contributed by atoms with Gasteiger partial charge in [-0.2, -0.15) is 0 Å². The van der Waals surface area contributed by atoms with Crippen molar-refractivity contribution in [2.24, 2.45) is 11.8 Å². The van der Waals surface area contributed by atoms with E-state index >= 15 is 0 Å². The highest BCUT2D eigenvalue weighted by Gasteiger charge is 2.21. The number of fused-ring (bicyclic) bond motifs is 1. The van der Waals surface area contributed by atoms with Gasteiger partial charge in [-0.15, -0.1) is 0 Å². The van der Waals surface area contributed by atoms with Crippen molar-refractivity contribution in [3.05, 3.63) is 54.1 Å². The topological polar surface area (TPSA) is 55.1 Å². The molecule has 3 N–H and O–H groups in total. The predicted molar refractivity (Wildman–Crippen MR) is 81.6 cm³/mol. The van der Waals surface area contributed by atoms with Crippen LogP contribution in [0.2, 0.25) is 0 Å². The predicted octanol–water partition coefficient (Wildman–Crippen LogP) is 3.01. The summed E-state index contributed by atoms with van der Waals surface area (Å²) in [4.78, 5) is 11.6. The quantitative estimate of drug-likeness (QED) is 0.499. The molecule has 3 heteroatoms. The van der Waals surface area contributed by atoms with Gasteiger partial charge >= 0.3 is 0 Å². The highest BCUT2D eigenvalue weighted by molar-refractivity contribution is 5.94. The molecule has 1 atom stereocenters. The van der Waals surface area contributed by atoms with E-state index in [0.29, 0.717) is 0 Å². The molecule has 102 valence electrons. The number of nitrogens with two attached hydrogens (primary N) is 1. The Morgan fingerprint density at radius 1 is 1.15 bits per heavy atom. The number of nitrogens with one attached hydrogen (secondary N) is 1. The van der Waals surface area contributed by atoms with Crippen molar-refractivity contribution in [2.75, 3.05) is 0 Å². The Morgan fingerprint density at radius 2 is 1.95 bits per heavy atom. The second kappa shape index (κ2) is 5.47. The lowest BCUT2D eigenvalue weighted by atomic mass is 9.85. The van der Waals surface area contributed by atoms with Gasteiger partial charge in [0.25, 0.3) is 0 Å². The van der Waals surface area contributed by atoms with Crippen molar-refractivity contribution >= 4 is 22.3 Å².